The summed E-state index contributed by atoms with van der Waals surface area (Å²) in [5.74, 6) is -0.627. The van der Waals surface area contributed by atoms with Gasteiger partial charge in [-0.05, 0) is 12.8 Å². The topological polar surface area (TPSA) is 37.3 Å². The van der Waals surface area contributed by atoms with Crippen LogP contribution in [0.2, 0.25) is 0 Å². The monoisotopic (exact) mass is 149 g/mol. The highest BCUT2D eigenvalue weighted by atomic mass is 35.5. The maximum absolute atomic E-state index is 10.2. The van der Waals surface area contributed by atoms with E-state index in [0.717, 1.165) is 25.7 Å². The number of carboxylic acids is 1. The van der Waals surface area contributed by atoms with Crippen LogP contribution >= 0.6 is 0 Å². The maximum Gasteiger partial charge on any atom is 0.306 e. The molecule has 0 aromatic heterocycles. The minimum Gasteiger partial charge on any atom is -1.00 e. The molecule has 1 fully saturated rings. The number of carboxylic acid groups (broad SMARTS) is 1. The summed E-state index contributed by atoms with van der Waals surface area (Å²) >= 11 is 0. The largest absolute Gasteiger partial charge is 1.00 e. The van der Waals surface area contributed by atoms with E-state index in [1.807, 2.05) is 0 Å². The first kappa shape index (κ1) is 8.76. The second-order valence-corrected chi connectivity index (χ2v) is 2.32. The van der Waals surface area contributed by atoms with Crippen molar-refractivity contribution >= 4 is 5.97 Å². The summed E-state index contributed by atoms with van der Waals surface area (Å²) in [4.78, 5) is 10.2. The number of aliphatic carboxylic acids is 1. The van der Waals surface area contributed by atoms with Crippen molar-refractivity contribution in [2.24, 2.45) is 5.92 Å². The van der Waals surface area contributed by atoms with Crippen molar-refractivity contribution in [3.63, 3.8) is 0 Å². The Morgan fingerprint density at radius 3 is 2.00 bits per heavy atom. The number of halogens is 1. The van der Waals surface area contributed by atoms with Gasteiger partial charge in [0, 0.05) is 0 Å². The Morgan fingerprint density at radius 2 is 1.78 bits per heavy atom. The highest BCUT2D eigenvalue weighted by Crippen LogP contribution is 2.24. The molecule has 3 heteroatoms. The number of carbonyl (C=O) groups is 1. The zero-order chi connectivity index (χ0) is 5.98. The van der Waals surface area contributed by atoms with Crippen LogP contribution in [0.3, 0.4) is 0 Å². The van der Waals surface area contributed by atoms with Gasteiger partial charge in [-0.2, -0.15) is 0 Å². The van der Waals surface area contributed by atoms with Gasteiger partial charge in [0.1, 0.15) is 0 Å². The first-order chi connectivity index (χ1) is 3.80. The van der Waals surface area contributed by atoms with E-state index in [1.165, 1.54) is 0 Å². The third kappa shape index (κ3) is 2.22. The number of hydrogen-bond donors (Lipinski definition) is 1. The van der Waals surface area contributed by atoms with Gasteiger partial charge >= 0.3 is 5.97 Å². The molecule has 1 N–H and O–H groups in total. The maximum atomic E-state index is 10.2. The molecule has 54 valence electrons. The van der Waals surface area contributed by atoms with Crippen LogP contribution in [0.4, 0.5) is 0 Å². The first-order valence-electron chi connectivity index (χ1n) is 3.03. The lowest BCUT2D eigenvalue weighted by Crippen LogP contribution is -3.00. The number of hydrogen-bond acceptors (Lipinski definition) is 1. The van der Waals surface area contributed by atoms with Crippen LogP contribution in [0.15, 0.2) is 0 Å². The molecule has 0 saturated heterocycles. The van der Waals surface area contributed by atoms with Crippen molar-refractivity contribution in [3.8, 4) is 0 Å². The molecule has 0 atom stereocenters. The Labute approximate surface area is 60.7 Å². The second-order valence-electron chi connectivity index (χ2n) is 2.32. The number of rotatable bonds is 1. The second kappa shape index (κ2) is 3.72. The van der Waals surface area contributed by atoms with E-state index in [9.17, 15) is 4.79 Å². The average Bonchev–Trinajstić information content (AvgIpc) is 2.12. The molecule has 1 saturated carbocycles. The van der Waals surface area contributed by atoms with Gasteiger partial charge in [0.25, 0.3) is 0 Å². The van der Waals surface area contributed by atoms with Crippen LogP contribution in [0.5, 0.6) is 0 Å². The van der Waals surface area contributed by atoms with E-state index in [0.29, 0.717) is 0 Å². The fraction of sp³-hybridized carbons (Fsp3) is 0.833. The van der Waals surface area contributed by atoms with Crippen LogP contribution in [-0.2, 0) is 4.79 Å². The molecule has 0 amide bonds. The fourth-order valence-electron chi connectivity index (χ4n) is 1.17. The predicted molar refractivity (Wildman–Crippen MR) is 29.6 cm³/mol. The molecule has 2 nitrogen and oxygen atoms in total. The van der Waals surface area contributed by atoms with Gasteiger partial charge in [-0.1, -0.05) is 12.8 Å². The molecule has 0 aromatic rings. The summed E-state index contributed by atoms with van der Waals surface area (Å²) in [6.45, 7) is 0. The molecule has 1 rings (SSSR count). The summed E-state index contributed by atoms with van der Waals surface area (Å²) in [5, 5.41) is 8.41. The quantitative estimate of drug-likeness (QED) is 0.481. The van der Waals surface area contributed by atoms with Crippen molar-refractivity contribution in [1.29, 1.82) is 0 Å². The molecule has 0 radical (unpaired) electrons. The van der Waals surface area contributed by atoms with E-state index < -0.39 is 5.97 Å². The van der Waals surface area contributed by atoms with Gasteiger partial charge in [-0.25, -0.2) is 0 Å². The minimum absolute atomic E-state index is 0. The molecule has 1 aliphatic carbocycles. The van der Waals surface area contributed by atoms with Crippen LogP contribution in [0.25, 0.3) is 0 Å². The lowest BCUT2D eigenvalue weighted by Gasteiger charge is -1.97. The highest BCUT2D eigenvalue weighted by Gasteiger charge is 2.20. The predicted octanol–water partition coefficient (Wildman–Crippen LogP) is -1.73. The van der Waals surface area contributed by atoms with E-state index >= 15 is 0 Å². The summed E-state index contributed by atoms with van der Waals surface area (Å²) in [6, 6.07) is 0. The molecule has 1 aliphatic rings. The van der Waals surface area contributed by atoms with Crippen LogP contribution < -0.4 is 12.4 Å². The standard InChI is InChI=1S/C6H10O2.ClH/c7-6(8)5-3-1-2-4-5;/h5H,1-4H2,(H,7,8);1H/p-1. The third-order valence-electron chi connectivity index (χ3n) is 1.70. The third-order valence-corrected chi connectivity index (χ3v) is 1.70. The van der Waals surface area contributed by atoms with Crippen molar-refractivity contribution in [2.45, 2.75) is 25.7 Å². The van der Waals surface area contributed by atoms with Gasteiger partial charge in [-0.15, -0.1) is 0 Å². The molecule has 9 heavy (non-hydrogen) atoms. The van der Waals surface area contributed by atoms with E-state index in [4.69, 9.17) is 5.11 Å². The Morgan fingerprint density at radius 1 is 1.33 bits per heavy atom. The Balaban J connectivity index is 0.000000640. The molecular formula is C6H10ClO2-. The minimum atomic E-state index is -0.609. The lowest BCUT2D eigenvalue weighted by atomic mass is 10.1. The van der Waals surface area contributed by atoms with Crippen molar-refractivity contribution in [2.75, 3.05) is 0 Å². The van der Waals surface area contributed by atoms with Crippen molar-refractivity contribution in [3.05, 3.63) is 0 Å². The van der Waals surface area contributed by atoms with Crippen LogP contribution in [0.1, 0.15) is 25.7 Å². The molecule has 0 bridgehead atoms. The first-order valence-corrected chi connectivity index (χ1v) is 3.03. The molecule has 0 aromatic carbocycles. The Kier molecular flexibility index (Phi) is 3.62. The van der Waals surface area contributed by atoms with Crippen LogP contribution in [0, 0.1) is 5.92 Å². The molecule has 0 heterocycles. The molecular weight excluding hydrogens is 140 g/mol. The smallest absolute Gasteiger partial charge is 0.306 e. The summed E-state index contributed by atoms with van der Waals surface area (Å²) < 4.78 is 0. The Hall–Kier alpha value is -0.240. The van der Waals surface area contributed by atoms with Gasteiger partial charge in [0.2, 0.25) is 0 Å². The highest BCUT2D eigenvalue weighted by molar-refractivity contribution is 5.70. The normalized spacial score (nSPS) is 19.1. The molecule has 0 aliphatic heterocycles. The zero-order valence-electron chi connectivity index (χ0n) is 5.14. The molecule has 0 spiro atoms. The van der Waals surface area contributed by atoms with Crippen molar-refractivity contribution < 1.29 is 22.3 Å². The van der Waals surface area contributed by atoms with E-state index in [1.54, 1.807) is 0 Å². The summed E-state index contributed by atoms with van der Waals surface area (Å²) in [6.07, 6.45) is 4.01. The van der Waals surface area contributed by atoms with Crippen LogP contribution in [-0.4, -0.2) is 11.1 Å². The van der Waals surface area contributed by atoms with Gasteiger partial charge in [-0.3, -0.25) is 4.79 Å². The van der Waals surface area contributed by atoms with Gasteiger partial charge in [0.05, 0.1) is 5.92 Å². The SMILES string of the molecule is O=C(O)C1CCCC1.[Cl-]. The fourth-order valence-corrected chi connectivity index (χ4v) is 1.17. The van der Waals surface area contributed by atoms with E-state index in [2.05, 4.69) is 0 Å². The Bertz CT molecular complexity index is 97.2. The van der Waals surface area contributed by atoms with Gasteiger partial charge < -0.3 is 17.5 Å². The van der Waals surface area contributed by atoms with Crippen molar-refractivity contribution in [1.82, 2.24) is 0 Å². The zero-order valence-corrected chi connectivity index (χ0v) is 5.90. The molecule has 0 unspecified atom stereocenters. The average molecular weight is 150 g/mol. The lowest BCUT2D eigenvalue weighted by molar-refractivity contribution is -0.141. The summed E-state index contributed by atoms with van der Waals surface area (Å²) in [5.41, 5.74) is 0. The van der Waals surface area contributed by atoms with E-state index in [-0.39, 0.29) is 18.3 Å². The van der Waals surface area contributed by atoms with Gasteiger partial charge in [0.15, 0.2) is 0 Å². The summed E-state index contributed by atoms with van der Waals surface area (Å²) in [7, 11) is 0.